The van der Waals surface area contributed by atoms with Gasteiger partial charge in [-0.05, 0) is 31.9 Å². The highest BCUT2D eigenvalue weighted by atomic mass is 16.5. The van der Waals surface area contributed by atoms with Gasteiger partial charge in [-0.25, -0.2) is 0 Å². The molecule has 2 aromatic rings. The normalized spacial score (nSPS) is 13.7. The van der Waals surface area contributed by atoms with Crippen molar-refractivity contribution in [1.29, 1.82) is 0 Å². The van der Waals surface area contributed by atoms with Crippen LogP contribution in [-0.4, -0.2) is 7.11 Å². The topological polar surface area (TPSA) is 21.3 Å². The summed E-state index contributed by atoms with van der Waals surface area (Å²) < 4.78 is 5.49. The maximum Gasteiger partial charge on any atom is 0.123 e. The molecule has 0 amide bonds. The fourth-order valence-electron chi connectivity index (χ4n) is 2.72. The lowest BCUT2D eigenvalue weighted by Crippen LogP contribution is -2.24. The van der Waals surface area contributed by atoms with Crippen molar-refractivity contribution < 1.29 is 4.74 Å². The lowest BCUT2D eigenvalue weighted by atomic mass is 9.99. The quantitative estimate of drug-likeness (QED) is 0.821. The Bertz CT molecular complexity index is 579. The minimum Gasteiger partial charge on any atom is -0.496 e. The monoisotopic (exact) mass is 283 g/mol. The summed E-state index contributed by atoms with van der Waals surface area (Å²) in [6.07, 6.45) is 1.02. The summed E-state index contributed by atoms with van der Waals surface area (Å²) in [6, 6.07) is 17.5. The zero-order valence-corrected chi connectivity index (χ0v) is 13.4. The van der Waals surface area contributed by atoms with Gasteiger partial charge in [-0.2, -0.15) is 0 Å². The van der Waals surface area contributed by atoms with E-state index >= 15 is 0 Å². The van der Waals surface area contributed by atoms with Crippen LogP contribution in [0.4, 0.5) is 0 Å². The smallest absolute Gasteiger partial charge is 0.123 e. The zero-order chi connectivity index (χ0) is 15.2. The van der Waals surface area contributed by atoms with Crippen molar-refractivity contribution in [3.63, 3.8) is 0 Å². The van der Waals surface area contributed by atoms with E-state index < -0.39 is 0 Å². The molecule has 0 aliphatic carbocycles. The molecule has 0 aromatic heterocycles. The maximum atomic E-state index is 5.49. The van der Waals surface area contributed by atoms with Gasteiger partial charge >= 0.3 is 0 Å². The van der Waals surface area contributed by atoms with Crippen LogP contribution in [0.15, 0.2) is 48.5 Å². The highest BCUT2D eigenvalue weighted by Crippen LogP contribution is 2.29. The molecule has 0 heterocycles. The van der Waals surface area contributed by atoms with Crippen molar-refractivity contribution in [2.45, 2.75) is 39.3 Å². The summed E-state index contributed by atoms with van der Waals surface area (Å²) in [7, 11) is 1.73. The molecule has 1 N–H and O–H groups in total. The minimum atomic E-state index is 0.289. The minimum absolute atomic E-state index is 0.289. The van der Waals surface area contributed by atoms with Crippen molar-refractivity contribution in [3.05, 3.63) is 65.2 Å². The number of hydrogen-bond acceptors (Lipinski definition) is 2. The van der Waals surface area contributed by atoms with Crippen LogP contribution in [0.5, 0.6) is 5.75 Å². The summed E-state index contributed by atoms with van der Waals surface area (Å²) in [4.78, 5) is 0. The standard InChI is InChI=1S/C19H25NO/c1-5-18(17-11-6-7-12-19(17)21-4)20-15(3)16-10-8-9-14(2)13-16/h6-13,15,18,20H,5H2,1-4H3/t15-,18?/m1/s1. The Balaban J connectivity index is 2.19. The number of aryl methyl sites for hydroxylation is 1. The molecular weight excluding hydrogens is 258 g/mol. The van der Waals surface area contributed by atoms with Gasteiger partial charge in [0.2, 0.25) is 0 Å². The van der Waals surface area contributed by atoms with Crippen LogP contribution in [0.2, 0.25) is 0 Å². The molecule has 0 bridgehead atoms. The molecule has 2 atom stereocenters. The van der Waals surface area contributed by atoms with Gasteiger partial charge in [-0.1, -0.05) is 55.0 Å². The molecule has 112 valence electrons. The first-order valence-electron chi connectivity index (χ1n) is 7.61. The summed E-state index contributed by atoms with van der Waals surface area (Å²) in [5.74, 6) is 0.952. The number of rotatable bonds is 6. The van der Waals surface area contributed by atoms with Gasteiger partial charge in [-0.3, -0.25) is 0 Å². The third-order valence-electron chi connectivity index (χ3n) is 3.92. The molecule has 2 heteroatoms. The van der Waals surface area contributed by atoms with Crippen LogP contribution >= 0.6 is 0 Å². The van der Waals surface area contributed by atoms with Crippen molar-refractivity contribution in [1.82, 2.24) is 5.32 Å². The second kappa shape index (κ2) is 7.28. The first-order chi connectivity index (χ1) is 10.2. The first kappa shape index (κ1) is 15.6. The predicted molar refractivity (Wildman–Crippen MR) is 88.8 cm³/mol. The Hall–Kier alpha value is -1.80. The van der Waals surface area contributed by atoms with E-state index in [1.807, 2.05) is 12.1 Å². The fourth-order valence-corrected chi connectivity index (χ4v) is 2.72. The molecule has 0 aliphatic rings. The molecule has 21 heavy (non-hydrogen) atoms. The van der Waals surface area contributed by atoms with E-state index in [2.05, 4.69) is 62.5 Å². The highest BCUT2D eigenvalue weighted by Gasteiger charge is 2.17. The summed E-state index contributed by atoms with van der Waals surface area (Å²) in [6.45, 7) is 6.55. The van der Waals surface area contributed by atoms with Gasteiger partial charge in [0.05, 0.1) is 7.11 Å². The Morgan fingerprint density at radius 1 is 1.10 bits per heavy atom. The van der Waals surface area contributed by atoms with Gasteiger partial charge in [0.1, 0.15) is 5.75 Å². The van der Waals surface area contributed by atoms with Crippen molar-refractivity contribution in [2.75, 3.05) is 7.11 Å². The van der Waals surface area contributed by atoms with Crippen LogP contribution in [0.1, 0.15) is 49.0 Å². The summed E-state index contributed by atoms with van der Waals surface area (Å²) in [5.41, 5.74) is 3.84. The number of para-hydroxylation sites is 1. The van der Waals surface area contributed by atoms with Crippen LogP contribution in [-0.2, 0) is 0 Å². The third kappa shape index (κ3) is 3.85. The Morgan fingerprint density at radius 2 is 1.86 bits per heavy atom. The van der Waals surface area contributed by atoms with Crippen LogP contribution < -0.4 is 10.1 Å². The van der Waals surface area contributed by atoms with Gasteiger partial charge in [0.25, 0.3) is 0 Å². The van der Waals surface area contributed by atoms with Gasteiger partial charge in [0.15, 0.2) is 0 Å². The zero-order valence-electron chi connectivity index (χ0n) is 13.4. The highest BCUT2D eigenvalue weighted by molar-refractivity contribution is 5.36. The SMILES string of the molecule is CCC(N[C@H](C)c1cccc(C)c1)c1ccccc1OC. The second-order valence-electron chi connectivity index (χ2n) is 5.51. The number of hydrogen-bond donors (Lipinski definition) is 1. The number of methoxy groups -OCH3 is 1. The van der Waals surface area contributed by atoms with Crippen LogP contribution in [0, 0.1) is 6.92 Å². The van der Waals surface area contributed by atoms with E-state index in [1.54, 1.807) is 7.11 Å². The van der Waals surface area contributed by atoms with Gasteiger partial charge in [0, 0.05) is 17.6 Å². The van der Waals surface area contributed by atoms with E-state index in [1.165, 1.54) is 16.7 Å². The predicted octanol–water partition coefficient (Wildman–Crippen LogP) is 4.81. The molecule has 1 unspecified atom stereocenters. The molecule has 0 aliphatic heterocycles. The number of nitrogens with one attached hydrogen (secondary N) is 1. The lowest BCUT2D eigenvalue weighted by molar-refractivity contribution is 0.388. The van der Waals surface area contributed by atoms with Crippen LogP contribution in [0.3, 0.4) is 0 Å². The molecule has 0 fully saturated rings. The largest absolute Gasteiger partial charge is 0.496 e. The van der Waals surface area contributed by atoms with Crippen molar-refractivity contribution >= 4 is 0 Å². The second-order valence-corrected chi connectivity index (χ2v) is 5.51. The molecule has 2 rings (SSSR count). The van der Waals surface area contributed by atoms with Crippen molar-refractivity contribution in [3.8, 4) is 5.75 Å². The van der Waals surface area contributed by atoms with E-state index in [9.17, 15) is 0 Å². The molecule has 0 saturated carbocycles. The molecular formula is C19H25NO. The Morgan fingerprint density at radius 3 is 2.52 bits per heavy atom. The van der Waals surface area contributed by atoms with Crippen molar-refractivity contribution in [2.24, 2.45) is 0 Å². The lowest BCUT2D eigenvalue weighted by Gasteiger charge is -2.24. The van der Waals surface area contributed by atoms with E-state index in [0.717, 1.165) is 12.2 Å². The van der Waals surface area contributed by atoms with Gasteiger partial charge < -0.3 is 10.1 Å². The average molecular weight is 283 g/mol. The van der Waals surface area contributed by atoms with Crippen LogP contribution in [0.25, 0.3) is 0 Å². The fraction of sp³-hybridized carbons (Fsp3) is 0.368. The number of benzene rings is 2. The molecule has 0 saturated heterocycles. The number of ether oxygens (including phenoxy) is 1. The van der Waals surface area contributed by atoms with E-state index in [0.29, 0.717) is 6.04 Å². The molecule has 2 aromatic carbocycles. The Labute approximate surface area is 128 Å². The summed E-state index contributed by atoms with van der Waals surface area (Å²) >= 11 is 0. The first-order valence-corrected chi connectivity index (χ1v) is 7.61. The summed E-state index contributed by atoms with van der Waals surface area (Å²) in [5, 5.41) is 3.72. The molecule has 2 nitrogen and oxygen atoms in total. The Kier molecular flexibility index (Phi) is 5.40. The maximum absolute atomic E-state index is 5.49. The van der Waals surface area contributed by atoms with E-state index in [4.69, 9.17) is 4.74 Å². The third-order valence-corrected chi connectivity index (χ3v) is 3.92. The molecule has 0 radical (unpaired) electrons. The average Bonchev–Trinajstić information content (AvgIpc) is 2.52. The van der Waals surface area contributed by atoms with E-state index in [-0.39, 0.29) is 6.04 Å². The van der Waals surface area contributed by atoms with Gasteiger partial charge in [-0.15, -0.1) is 0 Å². The molecule has 0 spiro atoms.